The van der Waals surface area contributed by atoms with Gasteiger partial charge in [-0.05, 0) is 32.0 Å². The summed E-state index contributed by atoms with van der Waals surface area (Å²) in [4.78, 5) is 11.2. The van der Waals surface area contributed by atoms with Crippen LogP contribution in [0, 0.1) is 0 Å². The standard InChI is InChI=1S/C15H22N2O2S.C2HF3O2/c1-16-10-8-15(13-6-4-3-5-7-13)9-11-17(12-14(15)16)20(2,18)19;3-2(4,5)1(6)7/h3-7,14H,8-12H2,1-2H3;(H,6,7). The third kappa shape index (κ3) is 4.80. The number of fused-ring (bicyclic) bond motifs is 1. The van der Waals surface area contributed by atoms with Crippen molar-refractivity contribution in [1.82, 2.24) is 9.21 Å². The number of carboxylic acid groups (broad SMARTS) is 1. The van der Waals surface area contributed by atoms with Gasteiger partial charge in [0.15, 0.2) is 0 Å². The summed E-state index contributed by atoms with van der Waals surface area (Å²) in [6, 6.07) is 10.9. The predicted octanol–water partition coefficient (Wildman–Crippen LogP) is 1.93. The Hall–Kier alpha value is -1.65. The Morgan fingerprint density at radius 1 is 1.19 bits per heavy atom. The van der Waals surface area contributed by atoms with Crippen LogP contribution in [0.5, 0.6) is 0 Å². The SMILES string of the molecule is CN1CCC2(c3ccccc3)CCN(S(C)(=O)=O)CC12.O=C(O)C(F)(F)F. The van der Waals surface area contributed by atoms with Crippen LogP contribution in [0.15, 0.2) is 30.3 Å². The van der Waals surface area contributed by atoms with Crippen LogP contribution in [0.2, 0.25) is 0 Å². The molecular weight excluding hydrogens is 385 g/mol. The maximum Gasteiger partial charge on any atom is 0.490 e. The molecule has 2 heterocycles. The smallest absolute Gasteiger partial charge is 0.475 e. The monoisotopic (exact) mass is 408 g/mol. The average Bonchev–Trinajstić information content (AvgIpc) is 2.92. The molecule has 1 aromatic carbocycles. The molecule has 2 aliphatic rings. The van der Waals surface area contributed by atoms with Gasteiger partial charge in [-0.25, -0.2) is 17.5 Å². The van der Waals surface area contributed by atoms with Crippen molar-refractivity contribution in [3.05, 3.63) is 35.9 Å². The van der Waals surface area contributed by atoms with Gasteiger partial charge in [0.25, 0.3) is 0 Å². The lowest BCUT2D eigenvalue weighted by Gasteiger charge is -2.45. The Balaban J connectivity index is 0.000000321. The fourth-order valence-corrected chi connectivity index (χ4v) is 4.72. The van der Waals surface area contributed by atoms with E-state index in [1.807, 2.05) is 6.07 Å². The Morgan fingerprint density at radius 2 is 1.70 bits per heavy atom. The molecule has 3 rings (SSSR count). The van der Waals surface area contributed by atoms with Crippen LogP contribution in [-0.2, 0) is 20.2 Å². The predicted molar refractivity (Wildman–Crippen MR) is 93.9 cm³/mol. The second-order valence-electron chi connectivity index (χ2n) is 6.94. The highest BCUT2D eigenvalue weighted by Gasteiger charge is 2.51. The van der Waals surface area contributed by atoms with Crippen LogP contribution < -0.4 is 0 Å². The maximum atomic E-state index is 11.8. The number of likely N-dealkylation sites (tertiary alicyclic amines) is 1. The highest BCUT2D eigenvalue weighted by atomic mass is 32.2. The van der Waals surface area contributed by atoms with Gasteiger partial charge in [0.2, 0.25) is 10.0 Å². The molecule has 1 aromatic rings. The Bertz CT molecular complexity index is 770. The molecule has 6 nitrogen and oxygen atoms in total. The number of alkyl halides is 3. The van der Waals surface area contributed by atoms with Gasteiger partial charge >= 0.3 is 12.1 Å². The summed E-state index contributed by atoms with van der Waals surface area (Å²) in [5.74, 6) is -2.76. The molecule has 0 amide bonds. The van der Waals surface area contributed by atoms with E-state index in [-0.39, 0.29) is 11.5 Å². The minimum atomic E-state index is -5.08. The summed E-state index contributed by atoms with van der Waals surface area (Å²) in [6.45, 7) is 2.29. The minimum Gasteiger partial charge on any atom is -0.475 e. The number of likely N-dealkylation sites (N-methyl/N-ethyl adjacent to an activating group) is 1. The minimum absolute atomic E-state index is 0.122. The summed E-state index contributed by atoms with van der Waals surface area (Å²) in [7, 11) is -0.978. The van der Waals surface area contributed by atoms with Crippen LogP contribution in [0.3, 0.4) is 0 Å². The van der Waals surface area contributed by atoms with Gasteiger partial charge in [-0.2, -0.15) is 13.2 Å². The molecule has 2 fully saturated rings. The third-order valence-corrected chi connectivity index (χ3v) is 6.59. The zero-order chi connectivity index (χ0) is 20.5. The fourth-order valence-electron chi connectivity index (χ4n) is 3.89. The number of hydrogen-bond donors (Lipinski definition) is 1. The lowest BCUT2D eigenvalue weighted by Crippen LogP contribution is -2.55. The first-order valence-electron chi connectivity index (χ1n) is 8.39. The number of sulfonamides is 1. The van der Waals surface area contributed by atoms with Crippen molar-refractivity contribution < 1.29 is 31.5 Å². The summed E-state index contributed by atoms with van der Waals surface area (Å²) in [5.41, 5.74) is 1.49. The van der Waals surface area contributed by atoms with Crippen molar-refractivity contribution in [3.8, 4) is 0 Å². The molecule has 0 bridgehead atoms. The second-order valence-corrected chi connectivity index (χ2v) is 8.92. The molecule has 2 aliphatic heterocycles. The van der Waals surface area contributed by atoms with Crippen LogP contribution >= 0.6 is 0 Å². The number of rotatable bonds is 2. The van der Waals surface area contributed by atoms with Crippen molar-refractivity contribution in [3.63, 3.8) is 0 Å². The molecule has 0 spiro atoms. The molecule has 0 aromatic heterocycles. The van der Waals surface area contributed by atoms with Crippen molar-refractivity contribution in [1.29, 1.82) is 0 Å². The summed E-state index contributed by atoms with van der Waals surface area (Å²) in [5, 5.41) is 7.12. The number of aliphatic carboxylic acids is 1. The summed E-state index contributed by atoms with van der Waals surface area (Å²) < 4.78 is 57.0. The van der Waals surface area contributed by atoms with Crippen molar-refractivity contribution in [2.45, 2.75) is 30.5 Å². The molecule has 0 saturated carbocycles. The molecule has 0 radical (unpaired) electrons. The van der Waals surface area contributed by atoms with E-state index in [0.717, 1.165) is 19.4 Å². The van der Waals surface area contributed by atoms with Crippen molar-refractivity contribution in [2.24, 2.45) is 0 Å². The zero-order valence-electron chi connectivity index (χ0n) is 15.1. The molecule has 27 heavy (non-hydrogen) atoms. The van der Waals surface area contributed by atoms with E-state index in [9.17, 15) is 21.6 Å². The van der Waals surface area contributed by atoms with E-state index in [0.29, 0.717) is 13.1 Å². The van der Waals surface area contributed by atoms with Crippen LogP contribution in [0.4, 0.5) is 13.2 Å². The second kappa shape index (κ2) is 7.76. The number of benzene rings is 1. The zero-order valence-corrected chi connectivity index (χ0v) is 15.9. The van der Waals surface area contributed by atoms with Gasteiger partial charge in [0, 0.05) is 24.5 Å². The number of piperidine rings is 1. The molecular formula is C17H23F3N2O4S. The third-order valence-electron chi connectivity index (χ3n) is 5.32. The first-order valence-corrected chi connectivity index (χ1v) is 10.2. The van der Waals surface area contributed by atoms with E-state index in [2.05, 4.69) is 36.2 Å². The van der Waals surface area contributed by atoms with Gasteiger partial charge in [-0.3, -0.25) is 0 Å². The number of hydrogen-bond acceptors (Lipinski definition) is 4. The Labute approximate surface area is 156 Å². The van der Waals surface area contributed by atoms with E-state index in [1.165, 1.54) is 11.8 Å². The lowest BCUT2D eigenvalue weighted by atomic mass is 9.70. The molecule has 152 valence electrons. The average molecular weight is 408 g/mol. The van der Waals surface area contributed by atoms with Gasteiger partial charge in [-0.1, -0.05) is 30.3 Å². The number of nitrogens with zero attached hydrogens (tertiary/aromatic N) is 2. The number of halogens is 3. The van der Waals surface area contributed by atoms with Gasteiger partial charge in [-0.15, -0.1) is 0 Å². The molecule has 2 atom stereocenters. The van der Waals surface area contributed by atoms with Crippen molar-refractivity contribution in [2.75, 3.05) is 32.9 Å². The molecule has 1 N–H and O–H groups in total. The fraction of sp³-hybridized carbons (Fsp3) is 0.588. The normalized spacial score (nSPS) is 26.8. The Morgan fingerprint density at radius 3 is 2.19 bits per heavy atom. The van der Waals surface area contributed by atoms with E-state index in [4.69, 9.17) is 9.90 Å². The molecule has 10 heteroatoms. The Kier molecular flexibility index (Phi) is 6.23. The first kappa shape index (κ1) is 21.6. The number of carboxylic acids is 1. The number of carbonyl (C=O) groups is 1. The van der Waals surface area contributed by atoms with Crippen LogP contribution in [0.25, 0.3) is 0 Å². The lowest BCUT2D eigenvalue weighted by molar-refractivity contribution is -0.192. The van der Waals surface area contributed by atoms with E-state index < -0.39 is 22.2 Å². The van der Waals surface area contributed by atoms with Gasteiger partial charge < -0.3 is 10.0 Å². The highest BCUT2D eigenvalue weighted by molar-refractivity contribution is 7.88. The molecule has 2 unspecified atom stereocenters. The largest absolute Gasteiger partial charge is 0.490 e. The molecule has 2 saturated heterocycles. The van der Waals surface area contributed by atoms with E-state index in [1.54, 1.807) is 4.31 Å². The molecule has 0 aliphatic carbocycles. The van der Waals surface area contributed by atoms with Gasteiger partial charge in [0.1, 0.15) is 0 Å². The van der Waals surface area contributed by atoms with Crippen LogP contribution in [0.1, 0.15) is 18.4 Å². The summed E-state index contributed by atoms with van der Waals surface area (Å²) >= 11 is 0. The van der Waals surface area contributed by atoms with E-state index >= 15 is 0 Å². The highest BCUT2D eigenvalue weighted by Crippen LogP contribution is 2.45. The van der Waals surface area contributed by atoms with Gasteiger partial charge in [0.05, 0.1) is 6.26 Å². The quantitative estimate of drug-likeness (QED) is 0.809. The van der Waals surface area contributed by atoms with Crippen molar-refractivity contribution >= 4 is 16.0 Å². The maximum absolute atomic E-state index is 11.8. The van der Waals surface area contributed by atoms with Crippen LogP contribution in [-0.4, -0.2) is 73.9 Å². The first-order chi connectivity index (χ1) is 12.4. The summed E-state index contributed by atoms with van der Waals surface area (Å²) in [6.07, 6.45) is -1.73. The topological polar surface area (TPSA) is 77.9 Å².